The summed E-state index contributed by atoms with van der Waals surface area (Å²) >= 11 is 0. The molecule has 0 amide bonds. The number of esters is 1. The van der Waals surface area contributed by atoms with Crippen LogP contribution < -0.4 is 5.32 Å². The van der Waals surface area contributed by atoms with Gasteiger partial charge in [-0.05, 0) is 26.2 Å². The molecule has 0 saturated carbocycles. The Kier molecular flexibility index (Phi) is 8.32. The fourth-order valence-corrected chi connectivity index (χ4v) is 3.22. The number of likely N-dealkylation sites (tertiary alicyclic amines) is 1. The summed E-state index contributed by atoms with van der Waals surface area (Å²) in [5.41, 5.74) is 0. The van der Waals surface area contributed by atoms with Crippen LogP contribution in [0.2, 0.25) is 0 Å². The monoisotopic (exact) mass is 340 g/mol. The lowest BCUT2D eigenvalue weighted by Crippen LogP contribution is -2.46. The van der Waals surface area contributed by atoms with Crippen molar-refractivity contribution in [3.63, 3.8) is 0 Å². The van der Waals surface area contributed by atoms with Crippen LogP contribution in [0.15, 0.2) is 4.99 Å². The summed E-state index contributed by atoms with van der Waals surface area (Å²) < 4.78 is 10.2. The number of hydrogen-bond donors (Lipinski definition) is 1. The molecule has 24 heavy (non-hydrogen) atoms. The SMILES string of the molecule is CCNC(=NCCCN1CCOCC1)N1CCC(C(=O)OC)CC1. The first-order chi connectivity index (χ1) is 11.7. The molecule has 2 aliphatic rings. The van der Waals surface area contributed by atoms with Crippen LogP contribution in [0.1, 0.15) is 26.2 Å². The first kappa shape index (κ1) is 19.0. The van der Waals surface area contributed by atoms with E-state index in [1.807, 2.05) is 0 Å². The van der Waals surface area contributed by atoms with Gasteiger partial charge < -0.3 is 19.7 Å². The number of carbonyl (C=O) groups is 1. The molecule has 0 aromatic rings. The highest BCUT2D eigenvalue weighted by Crippen LogP contribution is 2.18. The van der Waals surface area contributed by atoms with E-state index in [0.29, 0.717) is 0 Å². The van der Waals surface area contributed by atoms with Gasteiger partial charge in [-0.25, -0.2) is 0 Å². The van der Waals surface area contributed by atoms with E-state index in [9.17, 15) is 4.79 Å². The van der Waals surface area contributed by atoms with Crippen LogP contribution in [-0.2, 0) is 14.3 Å². The molecule has 138 valence electrons. The molecule has 7 heteroatoms. The number of methoxy groups -OCH3 is 1. The van der Waals surface area contributed by atoms with Crippen molar-refractivity contribution in [1.29, 1.82) is 0 Å². The third kappa shape index (κ3) is 5.94. The number of morpholine rings is 1. The summed E-state index contributed by atoms with van der Waals surface area (Å²) in [5.74, 6) is 0.931. The Hall–Kier alpha value is -1.34. The Balaban J connectivity index is 1.75. The van der Waals surface area contributed by atoms with E-state index < -0.39 is 0 Å². The molecule has 0 aromatic carbocycles. The molecule has 0 atom stereocenters. The maximum absolute atomic E-state index is 11.6. The third-order valence-corrected chi connectivity index (χ3v) is 4.66. The number of carbonyl (C=O) groups excluding carboxylic acids is 1. The number of piperidine rings is 1. The Morgan fingerprint density at radius 1 is 1.25 bits per heavy atom. The minimum atomic E-state index is -0.0814. The maximum atomic E-state index is 11.6. The molecule has 7 nitrogen and oxygen atoms in total. The summed E-state index contributed by atoms with van der Waals surface area (Å²) in [6, 6.07) is 0. The summed E-state index contributed by atoms with van der Waals surface area (Å²) in [7, 11) is 1.47. The average Bonchev–Trinajstić information content (AvgIpc) is 2.64. The standard InChI is InChI=1S/C17H32N4O3/c1-3-18-17(19-7-4-8-20-11-13-24-14-12-20)21-9-5-15(6-10-21)16(22)23-2/h15H,3-14H2,1-2H3,(H,18,19). The van der Waals surface area contributed by atoms with Gasteiger partial charge in [0.2, 0.25) is 0 Å². The topological polar surface area (TPSA) is 66.4 Å². The van der Waals surface area contributed by atoms with Gasteiger partial charge >= 0.3 is 5.97 Å². The quantitative estimate of drug-likeness (QED) is 0.330. The lowest BCUT2D eigenvalue weighted by Gasteiger charge is -2.33. The van der Waals surface area contributed by atoms with E-state index in [-0.39, 0.29) is 11.9 Å². The van der Waals surface area contributed by atoms with Crippen LogP contribution >= 0.6 is 0 Å². The van der Waals surface area contributed by atoms with Gasteiger partial charge in [0, 0.05) is 45.8 Å². The molecule has 0 spiro atoms. The van der Waals surface area contributed by atoms with E-state index in [1.165, 1.54) is 7.11 Å². The van der Waals surface area contributed by atoms with Gasteiger partial charge in [0.1, 0.15) is 0 Å². The zero-order valence-electron chi connectivity index (χ0n) is 15.1. The van der Waals surface area contributed by atoms with Crippen molar-refractivity contribution >= 4 is 11.9 Å². The Labute approximate surface area is 145 Å². The van der Waals surface area contributed by atoms with Crippen molar-refractivity contribution in [2.45, 2.75) is 26.2 Å². The van der Waals surface area contributed by atoms with Crippen LogP contribution in [-0.4, -0.2) is 87.9 Å². The van der Waals surface area contributed by atoms with E-state index in [2.05, 4.69) is 22.0 Å². The highest BCUT2D eigenvalue weighted by atomic mass is 16.5. The van der Waals surface area contributed by atoms with Crippen molar-refractivity contribution in [2.75, 3.05) is 66.1 Å². The molecule has 0 bridgehead atoms. The van der Waals surface area contributed by atoms with Crippen molar-refractivity contribution in [3.05, 3.63) is 0 Å². The predicted octanol–water partition coefficient (Wildman–Crippen LogP) is 0.559. The van der Waals surface area contributed by atoms with E-state index >= 15 is 0 Å². The highest BCUT2D eigenvalue weighted by Gasteiger charge is 2.26. The second-order valence-electron chi connectivity index (χ2n) is 6.33. The van der Waals surface area contributed by atoms with E-state index in [1.54, 1.807) is 0 Å². The molecule has 2 heterocycles. The third-order valence-electron chi connectivity index (χ3n) is 4.66. The van der Waals surface area contributed by atoms with Crippen LogP contribution in [0, 0.1) is 5.92 Å². The van der Waals surface area contributed by atoms with Crippen LogP contribution in [0.25, 0.3) is 0 Å². The number of aliphatic imine (C=N–C) groups is 1. The molecule has 0 unspecified atom stereocenters. The minimum absolute atomic E-state index is 0.0375. The molecule has 2 fully saturated rings. The maximum Gasteiger partial charge on any atom is 0.308 e. The van der Waals surface area contributed by atoms with Crippen molar-refractivity contribution in [2.24, 2.45) is 10.9 Å². The van der Waals surface area contributed by atoms with Crippen LogP contribution in [0.4, 0.5) is 0 Å². The lowest BCUT2D eigenvalue weighted by atomic mass is 9.97. The number of ether oxygens (including phenoxy) is 2. The van der Waals surface area contributed by atoms with E-state index in [4.69, 9.17) is 14.5 Å². The van der Waals surface area contributed by atoms with Gasteiger partial charge in [-0.3, -0.25) is 14.7 Å². The predicted molar refractivity (Wildman–Crippen MR) is 94.2 cm³/mol. The Bertz CT molecular complexity index is 403. The van der Waals surface area contributed by atoms with Gasteiger partial charge in [0.15, 0.2) is 5.96 Å². The van der Waals surface area contributed by atoms with Gasteiger partial charge in [-0.1, -0.05) is 0 Å². The van der Waals surface area contributed by atoms with Gasteiger partial charge in [-0.15, -0.1) is 0 Å². The number of hydrogen-bond acceptors (Lipinski definition) is 5. The zero-order valence-corrected chi connectivity index (χ0v) is 15.1. The molecular formula is C17H32N4O3. The number of rotatable bonds is 6. The largest absolute Gasteiger partial charge is 0.469 e. The smallest absolute Gasteiger partial charge is 0.308 e. The molecule has 1 N–H and O–H groups in total. The fourth-order valence-electron chi connectivity index (χ4n) is 3.22. The summed E-state index contributed by atoms with van der Waals surface area (Å²) in [6.07, 6.45) is 2.74. The van der Waals surface area contributed by atoms with Crippen molar-refractivity contribution in [1.82, 2.24) is 15.1 Å². The zero-order chi connectivity index (χ0) is 17.2. The molecule has 0 aromatic heterocycles. The summed E-state index contributed by atoms with van der Waals surface area (Å²) in [4.78, 5) is 21.1. The van der Waals surface area contributed by atoms with Gasteiger partial charge in [0.05, 0.1) is 26.2 Å². The fraction of sp³-hybridized carbons (Fsp3) is 0.882. The first-order valence-electron chi connectivity index (χ1n) is 9.15. The molecule has 2 aliphatic heterocycles. The second kappa shape index (κ2) is 10.5. The summed E-state index contributed by atoms with van der Waals surface area (Å²) in [5, 5.41) is 3.37. The molecule has 0 radical (unpaired) electrons. The van der Waals surface area contributed by atoms with Crippen molar-refractivity contribution < 1.29 is 14.3 Å². The average molecular weight is 340 g/mol. The molecule has 0 aliphatic carbocycles. The second-order valence-corrected chi connectivity index (χ2v) is 6.33. The highest BCUT2D eigenvalue weighted by molar-refractivity contribution is 5.80. The van der Waals surface area contributed by atoms with Crippen molar-refractivity contribution in [3.8, 4) is 0 Å². The van der Waals surface area contributed by atoms with Crippen LogP contribution in [0.3, 0.4) is 0 Å². The minimum Gasteiger partial charge on any atom is -0.469 e. The first-order valence-corrected chi connectivity index (χ1v) is 9.15. The summed E-state index contributed by atoms with van der Waals surface area (Å²) in [6.45, 7) is 10.3. The Morgan fingerprint density at radius 3 is 2.58 bits per heavy atom. The number of nitrogens with zero attached hydrogens (tertiary/aromatic N) is 3. The molecule has 2 saturated heterocycles. The van der Waals surface area contributed by atoms with Crippen LogP contribution in [0.5, 0.6) is 0 Å². The van der Waals surface area contributed by atoms with Gasteiger partial charge in [0.25, 0.3) is 0 Å². The number of nitrogens with one attached hydrogen (secondary N) is 1. The molecular weight excluding hydrogens is 308 g/mol. The Morgan fingerprint density at radius 2 is 1.96 bits per heavy atom. The lowest BCUT2D eigenvalue weighted by molar-refractivity contribution is -0.146. The van der Waals surface area contributed by atoms with E-state index in [0.717, 1.165) is 84.2 Å². The normalized spacial score (nSPS) is 20.9. The molecule has 2 rings (SSSR count). The van der Waals surface area contributed by atoms with Gasteiger partial charge in [-0.2, -0.15) is 0 Å². The number of guanidine groups is 1.